The molecule has 0 aliphatic heterocycles. The van der Waals surface area contributed by atoms with Crippen LogP contribution in [0.4, 0.5) is 0 Å². The van der Waals surface area contributed by atoms with Crippen LogP contribution in [0, 0.1) is 0 Å². The second-order valence-corrected chi connectivity index (χ2v) is 12.1. The summed E-state index contributed by atoms with van der Waals surface area (Å²) in [5.41, 5.74) is 12.3. The number of hydrogen-bond donors (Lipinski definition) is 0. The highest BCUT2D eigenvalue weighted by Gasteiger charge is 2.12. The second-order valence-electron chi connectivity index (χ2n) is 11.0. The molecule has 0 saturated carbocycles. The first kappa shape index (κ1) is 25.5. The highest BCUT2D eigenvalue weighted by Crippen LogP contribution is 2.40. The zero-order valence-electron chi connectivity index (χ0n) is 23.6. The van der Waals surface area contributed by atoms with Gasteiger partial charge in [0, 0.05) is 20.2 Å². The molecule has 0 unspecified atom stereocenters. The first-order valence-corrected chi connectivity index (χ1v) is 15.5. The minimum atomic E-state index is 1.23. The van der Waals surface area contributed by atoms with Gasteiger partial charge in [0.2, 0.25) is 0 Å². The molecule has 0 bridgehead atoms. The minimum absolute atomic E-state index is 1.23. The van der Waals surface area contributed by atoms with Gasteiger partial charge in [0.1, 0.15) is 0 Å². The van der Waals surface area contributed by atoms with Gasteiger partial charge in [-0.2, -0.15) is 0 Å². The van der Waals surface area contributed by atoms with Crippen LogP contribution in [-0.4, -0.2) is 0 Å². The summed E-state index contributed by atoms with van der Waals surface area (Å²) in [5.74, 6) is 0. The molecule has 0 fully saturated rings. The Bertz CT molecular complexity index is 2150. The molecule has 0 aliphatic rings. The fraction of sp³-hybridized carbons (Fsp3) is 0. The zero-order chi connectivity index (χ0) is 28.6. The molecular weight excluding hydrogens is 537 g/mol. The lowest BCUT2D eigenvalue weighted by molar-refractivity contribution is 1.57. The second kappa shape index (κ2) is 10.9. The monoisotopic (exact) mass is 564 g/mol. The average Bonchev–Trinajstić information content (AvgIpc) is 3.46. The van der Waals surface area contributed by atoms with Gasteiger partial charge in [-0.1, -0.05) is 121 Å². The Morgan fingerprint density at radius 2 is 0.558 bits per heavy atom. The van der Waals surface area contributed by atoms with Crippen LogP contribution in [0.5, 0.6) is 0 Å². The number of thiophene rings is 1. The molecule has 1 heteroatoms. The predicted molar refractivity (Wildman–Crippen MR) is 187 cm³/mol. The normalized spacial score (nSPS) is 11.3. The summed E-state index contributed by atoms with van der Waals surface area (Å²) in [6.07, 6.45) is 0. The Kier molecular flexibility index (Phi) is 6.44. The third kappa shape index (κ3) is 4.95. The molecule has 0 aliphatic carbocycles. The lowest BCUT2D eigenvalue weighted by Gasteiger charge is -2.12. The van der Waals surface area contributed by atoms with Gasteiger partial charge in [-0.25, -0.2) is 0 Å². The number of hydrogen-bond acceptors (Lipinski definition) is 1. The van der Waals surface area contributed by atoms with E-state index in [0.717, 1.165) is 0 Å². The lowest BCUT2D eigenvalue weighted by atomic mass is 9.92. The van der Waals surface area contributed by atoms with E-state index in [9.17, 15) is 0 Å². The van der Waals surface area contributed by atoms with E-state index in [4.69, 9.17) is 0 Å². The molecule has 0 N–H and O–H groups in total. The van der Waals surface area contributed by atoms with Crippen molar-refractivity contribution in [3.63, 3.8) is 0 Å². The molecule has 1 aromatic heterocycles. The largest absolute Gasteiger partial charge is 0.135 e. The van der Waals surface area contributed by atoms with Crippen LogP contribution in [0.2, 0.25) is 0 Å². The van der Waals surface area contributed by atoms with Crippen molar-refractivity contribution in [3.05, 3.63) is 170 Å². The average molecular weight is 565 g/mol. The lowest BCUT2D eigenvalue weighted by Crippen LogP contribution is -1.86. The predicted octanol–water partition coefficient (Wildman–Crippen LogP) is 12.4. The van der Waals surface area contributed by atoms with Crippen LogP contribution < -0.4 is 0 Å². The molecule has 0 atom stereocenters. The first-order chi connectivity index (χ1) is 21.3. The smallest absolute Gasteiger partial charge is 0.0355 e. The van der Waals surface area contributed by atoms with Crippen LogP contribution in [0.3, 0.4) is 0 Å². The maximum Gasteiger partial charge on any atom is 0.0355 e. The molecule has 202 valence electrons. The van der Waals surface area contributed by atoms with Crippen molar-refractivity contribution in [2.45, 2.75) is 0 Å². The topological polar surface area (TPSA) is 0 Å². The third-order valence-electron chi connectivity index (χ3n) is 8.25. The Labute approximate surface area is 256 Å². The van der Waals surface area contributed by atoms with Gasteiger partial charge in [-0.15, -0.1) is 11.3 Å². The van der Waals surface area contributed by atoms with Gasteiger partial charge >= 0.3 is 0 Å². The molecule has 7 aromatic carbocycles. The van der Waals surface area contributed by atoms with Crippen molar-refractivity contribution >= 4 is 31.5 Å². The molecular formula is C42H28S. The fourth-order valence-corrected chi connectivity index (χ4v) is 7.10. The van der Waals surface area contributed by atoms with Crippen molar-refractivity contribution < 1.29 is 0 Å². The molecule has 1 heterocycles. The van der Waals surface area contributed by atoms with Gasteiger partial charge in [-0.3, -0.25) is 0 Å². The van der Waals surface area contributed by atoms with Crippen molar-refractivity contribution in [2.24, 2.45) is 0 Å². The highest BCUT2D eigenvalue weighted by molar-refractivity contribution is 7.25. The minimum Gasteiger partial charge on any atom is -0.135 e. The summed E-state index contributed by atoms with van der Waals surface area (Å²) in [6, 6.07) is 61.7. The maximum absolute atomic E-state index is 2.39. The standard InChI is InChI=1S/C42H28S/c1-4-11-29(12-5-1)32-17-10-18-33(23-32)34-19-21-41-39(27-34)40-28-35(20-22-42(40)43-41)38-25-36(30-13-6-2-7-14-30)24-37(26-38)31-15-8-3-9-16-31/h1-28H. The van der Waals surface area contributed by atoms with E-state index in [0.29, 0.717) is 0 Å². The molecule has 8 rings (SSSR count). The Balaban J connectivity index is 1.26. The van der Waals surface area contributed by atoms with Crippen LogP contribution in [0.15, 0.2) is 170 Å². The summed E-state index contributed by atoms with van der Waals surface area (Å²) < 4.78 is 2.63. The zero-order valence-corrected chi connectivity index (χ0v) is 24.4. The van der Waals surface area contributed by atoms with E-state index in [1.54, 1.807) is 0 Å². The van der Waals surface area contributed by atoms with Gasteiger partial charge in [0.05, 0.1) is 0 Å². The van der Waals surface area contributed by atoms with E-state index in [1.165, 1.54) is 75.8 Å². The van der Waals surface area contributed by atoms with Gasteiger partial charge in [-0.05, 0) is 104 Å². The summed E-state index contributed by atoms with van der Waals surface area (Å²) >= 11 is 1.87. The number of fused-ring (bicyclic) bond motifs is 3. The number of benzene rings is 7. The molecule has 0 spiro atoms. The van der Waals surface area contributed by atoms with Crippen LogP contribution in [0.1, 0.15) is 0 Å². The molecule has 0 radical (unpaired) electrons. The Morgan fingerprint density at radius 1 is 0.233 bits per heavy atom. The van der Waals surface area contributed by atoms with Gasteiger partial charge < -0.3 is 0 Å². The summed E-state index contributed by atoms with van der Waals surface area (Å²) in [6.45, 7) is 0. The molecule has 0 saturated heterocycles. The van der Waals surface area contributed by atoms with Crippen LogP contribution in [0.25, 0.3) is 75.8 Å². The van der Waals surface area contributed by atoms with Gasteiger partial charge in [0.15, 0.2) is 0 Å². The molecule has 8 aromatic rings. The maximum atomic E-state index is 2.39. The first-order valence-electron chi connectivity index (χ1n) is 14.7. The van der Waals surface area contributed by atoms with Crippen molar-refractivity contribution in [3.8, 4) is 55.6 Å². The fourth-order valence-electron chi connectivity index (χ4n) is 6.03. The number of rotatable bonds is 5. The van der Waals surface area contributed by atoms with Crippen molar-refractivity contribution in [2.75, 3.05) is 0 Å². The summed E-state index contributed by atoms with van der Waals surface area (Å²) in [5, 5.41) is 2.62. The van der Waals surface area contributed by atoms with E-state index < -0.39 is 0 Å². The highest BCUT2D eigenvalue weighted by atomic mass is 32.1. The Morgan fingerprint density at radius 3 is 1.05 bits per heavy atom. The van der Waals surface area contributed by atoms with E-state index in [2.05, 4.69) is 170 Å². The summed E-state index contributed by atoms with van der Waals surface area (Å²) in [4.78, 5) is 0. The van der Waals surface area contributed by atoms with E-state index in [1.807, 2.05) is 11.3 Å². The quantitative estimate of drug-likeness (QED) is 0.195. The SMILES string of the molecule is c1ccc(-c2cccc(-c3ccc4sc5ccc(-c6cc(-c7ccccc7)cc(-c7ccccc7)c6)cc5c4c3)c2)cc1. The van der Waals surface area contributed by atoms with Crippen molar-refractivity contribution in [1.29, 1.82) is 0 Å². The van der Waals surface area contributed by atoms with E-state index in [-0.39, 0.29) is 0 Å². The Hall–Kier alpha value is -5.24. The van der Waals surface area contributed by atoms with Gasteiger partial charge in [0.25, 0.3) is 0 Å². The third-order valence-corrected chi connectivity index (χ3v) is 9.40. The van der Waals surface area contributed by atoms with Crippen LogP contribution >= 0.6 is 11.3 Å². The molecule has 43 heavy (non-hydrogen) atoms. The molecule has 0 amide bonds. The summed E-state index contributed by atoms with van der Waals surface area (Å²) in [7, 11) is 0. The van der Waals surface area contributed by atoms with Crippen LogP contribution in [-0.2, 0) is 0 Å². The molecule has 0 nitrogen and oxygen atoms in total. The van der Waals surface area contributed by atoms with E-state index >= 15 is 0 Å². The van der Waals surface area contributed by atoms with Crippen molar-refractivity contribution in [1.82, 2.24) is 0 Å².